The third-order valence-electron chi connectivity index (χ3n) is 5.76. The Balaban J connectivity index is 1.49. The molecule has 2 bridgehead atoms. The van der Waals surface area contributed by atoms with Crippen LogP contribution in [0.3, 0.4) is 0 Å². The predicted molar refractivity (Wildman–Crippen MR) is 107 cm³/mol. The van der Waals surface area contributed by atoms with Gasteiger partial charge in [-0.05, 0) is 63.8 Å². The van der Waals surface area contributed by atoms with Gasteiger partial charge in [-0.2, -0.15) is 0 Å². The van der Waals surface area contributed by atoms with E-state index in [1.54, 1.807) is 17.5 Å². The Bertz CT molecular complexity index is 663. The topological polar surface area (TPSA) is 55.9 Å². The number of hydrogen-bond donors (Lipinski definition) is 1. The second-order valence-corrected chi connectivity index (χ2v) is 11.0. The van der Waals surface area contributed by atoms with Gasteiger partial charge in [0, 0.05) is 38.8 Å². The van der Waals surface area contributed by atoms with E-state index >= 15 is 0 Å². The van der Waals surface area contributed by atoms with Gasteiger partial charge in [0.05, 0.1) is 0 Å². The first-order chi connectivity index (χ1) is 12.3. The molecule has 0 saturated carbocycles. The molecule has 0 spiro atoms. The Labute approximate surface area is 162 Å². The smallest absolute Gasteiger partial charge is 0.250 e. The molecule has 3 saturated heterocycles. The van der Waals surface area contributed by atoms with Gasteiger partial charge < -0.3 is 9.80 Å². The molecule has 0 amide bonds. The van der Waals surface area contributed by atoms with E-state index in [0.717, 1.165) is 45.1 Å². The molecule has 4 atom stereocenters. The lowest BCUT2D eigenvalue weighted by molar-refractivity contribution is -0.00782. The summed E-state index contributed by atoms with van der Waals surface area (Å²) in [5.41, 5.74) is 0. The maximum Gasteiger partial charge on any atom is 0.250 e. The number of sulfonamides is 1. The minimum absolute atomic E-state index is 0.340. The molecule has 0 aromatic carbocycles. The van der Waals surface area contributed by atoms with Crippen LogP contribution >= 0.6 is 11.3 Å². The van der Waals surface area contributed by atoms with Gasteiger partial charge >= 0.3 is 0 Å². The van der Waals surface area contributed by atoms with Crippen molar-refractivity contribution in [2.75, 3.05) is 60.4 Å². The summed E-state index contributed by atoms with van der Waals surface area (Å²) in [5, 5.41) is 1.80. The van der Waals surface area contributed by atoms with E-state index in [2.05, 4.69) is 40.6 Å². The SMILES string of the molecule is CN(C)CCN(C)C[C@@H]1CN2CC[C@H]1C[C@@H]2CNS(=O)(=O)c1cccs1. The van der Waals surface area contributed by atoms with Gasteiger partial charge in [-0.3, -0.25) is 4.90 Å². The highest BCUT2D eigenvalue weighted by Crippen LogP contribution is 2.36. The number of thiophene rings is 1. The number of nitrogens with one attached hydrogen (secondary N) is 1. The van der Waals surface area contributed by atoms with E-state index in [-0.39, 0.29) is 0 Å². The second kappa shape index (κ2) is 8.67. The predicted octanol–water partition coefficient (Wildman–Crippen LogP) is 1.23. The van der Waals surface area contributed by atoms with E-state index in [9.17, 15) is 8.42 Å². The van der Waals surface area contributed by atoms with Crippen LogP contribution in [0.4, 0.5) is 0 Å². The van der Waals surface area contributed by atoms with Gasteiger partial charge in [-0.1, -0.05) is 6.07 Å². The Kier molecular flexibility index (Phi) is 6.74. The fourth-order valence-corrected chi connectivity index (χ4v) is 6.33. The van der Waals surface area contributed by atoms with Gasteiger partial charge in [0.15, 0.2) is 0 Å². The van der Waals surface area contributed by atoms with Crippen molar-refractivity contribution in [1.29, 1.82) is 0 Å². The Morgan fingerprint density at radius 2 is 2.12 bits per heavy atom. The number of piperidine rings is 3. The van der Waals surface area contributed by atoms with Gasteiger partial charge in [-0.15, -0.1) is 11.3 Å². The van der Waals surface area contributed by atoms with E-state index in [4.69, 9.17) is 0 Å². The fourth-order valence-electron chi connectivity index (χ4n) is 4.22. The zero-order valence-corrected chi connectivity index (χ0v) is 17.7. The summed E-state index contributed by atoms with van der Waals surface area (Å²) in [7, 11) is 3.09. The highest BCUT2D eigenvalue weighted by atomic mass is 32.2. The molecule has 8 heteroatoms. The van der Waals surface area contributed by atoms with Crippen molar-refractivity contribution in [2.24, 2.45) is 11.8 Å². The van der Waals surface area contributed by atoms with Crippen molar-refractivity contribution in [1.82, 2.24) is 19.4 Å². The summed E-state index contributed by atoms with van der Waals surface area (Å²) in [6, 6.07) is 3.79. The Morgan fingerprint density at radius 1 is 1.31 bits per heavy atom. The first-order valence-corrected chi connectivity index (χ1v) is 11.8. The molecule has 6 nitrogen and oxygen atoms in total. The third-order valence-corrected chi connectivity index (χ3v) is 8.58. The first kappa shape index (κ1) is 20.2. The van der Waals surface area contributed by atoms with Crippen molar-refractivity contribution in [2.45, 2.75) is 23.1 Å². The number of nitrogens with zero attached hydrogens (tertiary/aromatic N) is 3. The van der Waals surface area contributed by atoms with Gasteiger partial charge in [-0.25, -0.2) is 13.1 Å². The van der Waals surface area contributed by atoms with E-state index in [1.165, 1.54) is 17.8 Å². The van der Waals surface area contributed by atoms with Crippen LogP contribution in [0, 0.1) is 11.8 Å². The van der Waals surface area contributed by atoms with Crippen LogP contribution in [0.1, 0.15) is 12.8 Å². The van der Waals surface area contributed by atoms with E-state index < -0.39 is 10.0 Å². The number of fused-ring (bicyclic) bond motifs is 3. The van der Waals surface area contributed by atoms with Crippen LogP contribution in [0.15, 0.2) is 21.7 Å². The molecule has 1 unspecified atom stereocenters. The lowest BCUT2D eigenvalue weighted by Crippen LogP contribution is -2.58. The average molecular weight is 401 g/mol. The van der Waals surface area contributed by atoms with E-state index in [1.807, 2.05) is 0 Å². The molecule has 3 aliphatic rings. The zero-order valence-electron chi connectivity index (χ0n) is 16.1. The lowest BCUT2D eigenvalue weighted by Gasteiger charge is -2.50. The molecule has 1 N–H and O–H groups in total. The molecule has 3 aliphatic heterocycles. The van der Waals surface area contributed by atoms with Crippen molar-refractivity contribution < 1.29 is 8.42 Å². The van der Waals surface area contributed by atoms with Crippen molar-refractivity contribution in [3.8, 4) is 0 Å². The van der Waals surface area contributed by atoms with Gasteiger partial charge in [0.1, 0.15) is 4.21 Å². The number of rotatable bonds is 9. The summed E-state index contributed by atoms with van der Waals surface area (Å²) in [6.45, 7) is 6.06. The Morgan fingerprint density at radius 3 is 2.73 bits per heavy atom. The van der Waals surface area contributed by atoms with Crippen LogP contribution in [-0.2, 0) is 10.0 Å². The molecule has 4 heterocycles. The normalized spacial score (nSPS) is 29.0. The summed E-state index contributed by atoms with van der Waals surface area (Å²) in [6.07, 6.45) is 2.36. The number of hydrogen-bond acceptors (Lipinski definition) is 6. The summed E-state index contributed by atoms with van der Waals surface area (Å²) >= 11 is 1.27. The highest BCUT2D eigenvalue weighted by molar-refractivity contribution is 7.91. The molecule has 26 heavy (non-hydrogen) atoms. The first-order valence-electron chi connectivity index (χ1n) is 9.45. The van der Waals surface area contributed by atoms with E-state index in [0.29, 0.717) is 22.7 Å². The van der Waals surface area contributed by atoms with Crippen LogP contribution in [-0.4, -0.2) is 89.6 Å². The monoisotopic (exact) mass is 400 g/mol. The molecule has 0 aliphatic carbocycles. The van der Waals surface area contributed by atoms with Crippen LogP contribution in [0.25, 0.3) is 0 Å². The lowest BCUT2D eigenvalue weighted by atomic mass is 9.75. The molecule has 4 rings (SSSR count). The van der Waals surface area contributed by atoms with Crippen molar-refractivity contribution >= 4 is 21.4 Å². The zero-order chi connectivity index (χ0) is 18.7. The summed E-state index contributed by atoms with van der Waals surface area (Å²) in [4.78, 5) is 7.17. The molecule has 1 aromatic heterocycles. The van der Waals surface area contributed by atoms with Crippen LogP contribution in [0.5, 0.6) is 0 Å². The van der Waals surface area contributed by atoms with Gasteiger partial charge in [0.25, 0.3) is 0 Å². The Hall–Kier alpha value is -0.510. The largest absolute Gasteiger partial charge is 0.308 e. The highest BCUT2D eigenvalue weighted by Gasteiger charge is 2.40. The molecule has 3 fully saturated rings. The molecular weight excluding hydrogens is 368 g/mol. The quantitative estimate of drug-likeness (QED) is 0.676. The van der Waals surface area contributed by atoms with Crippen molar-refractivity contribution in [3.05, 3.63) is 17.5 Å². The van der Waals surface area contributed by atoms with Crippen LogP contribution in [0.2, 0.25) is 0 Å². The third kappa shape index (κ3) is 5.05. The maximum absolute atomic E-state index is 12.3. The summed E-state index contributed by atoms with van der Waals surface area (Å²) in [5.74, 6) is 1.43. The van der Waals surface area contributed by atoms with Gasteiger partial charge in [0.2, 0.25) is 10.0 Å². The second-order valence-electron chi connectivity index (χ2n) is 8.04. The minimum atomic E-state index is -3.35. The molecule has 1 aromatic rings. The molecule has 0 radical (unpaired) electrons. The van der Waals surface area contributed by atoms with Crippen LogP contribution < -0.4 is 4.72 Å². The average Bonchev–Trinajstić information content (AvgIpc) is 3.15. The van der Waals surface area contributed by atoms with Crippen molar-refractivity contribution in [3.63, 3.8) is 0 Å². The molecule has 148 valence electrons. The minimum Gasteiger partial charge on any atom is -0.308 e. The molecular formula is C18H32N4O2S2. The number of likely N-dealkylation sites (N-methyl/N-ethyl adjacent to an activating group) is 2. The fraction of sp³-hybridized carbons (Fsp3) is 0.778. The summed E-state index contributed by atoms with van der Waals surface area (Å²) < 4.78 is 27.9. The maximum atomic E-state index is 12.3. The standard InChI is InChI=1S/C18H32N4O2S2/c1-20(2)8-9-21(3)13-16-14-22-7-6-15(16)11-17(22)12-19-26(23,24)18-5-4-10-25-18/h4-5,10,15-17,19H,6-9,11-14H2,1-3H3/t15-,16+,17+/m0/s1.